The highest BCUT2D eigenvalue weighted by molar-refractivity contribution is 5.95. The number of aryl methyl sites for hydroxylation is 3. The molecule has 0 bridgehead atoms. The van der Waals surface area contributed by atoms with Gasteiger partial charge in [0.05, 0.1) is 16.5 Å². The van der Waals surface area contributed by atoms with Crippen molar-refractivity contribution >= 4 is 16.9 Å². The van der Waals surface area contributed by atoms with Crippen molar-refractivity contribution in [3.05, 3.63) is 69.3 Å². The Labute approximate surface area is 157 Å². The SMILES string of the molecule is Cc1ccc(OC(=O)c2ccc3c(=O)n4c(nc3c2)CCCCC4)cc1C. The van der Waals surface area contributed by atoms with Crippen LogP contribution in [0.3, 0.4) is 0 Å². The Balaban J connectivity index is 1.69. The molecule has 4 rings (SSSR count). The average Bonchev–Trinajstić information content (AvgIpc) is 2.90. The van der Waals surface area contributed by atoms with Gasteiger partial charge in [-0.05, 0) is 68.1 Å². The average molecular weight is 362 g/mol. The van der Waals surface area contributed by atoms with Crippen molar-refractivity contribution in [2.45, 2.75) is 46.1 Å². The molecular formula is C22H22N2O3. The predicted octanol–water partition coefficient (Wildman–Crippen LogP) is 3.96. The van der Waals surface area contributed by atoms with Crippen LogP contribution in [-0.4, -0.2) is 15.5 Å². The van der Waals surface area contributed by atoms with Crippen LogP contribution in [0.2, 0.25) is 0 Å². The minimum atomic E-state index is -0.447. The molecule has 0 amide bonds. The summed E-state index contributed by atoms with van der Waals surface area (Å²) < 4.78 is 7.28. The highest BCUT2D eigenvalue weighted by atomic mass is 16.5. The van der Waals surface area contributed by atoms with Gasteiger partial charge in [0.2, 0.25) is 0 Å². The van der Waals surface area contributed by atoms with Crippen LogP contribution in [0.15, 0.2) is 41.2 Å². The van der Waals surface area contributed by atoms with Crippen molar-refractivity contribution in [1.29, 1.82) is 0 Å². The van der Waals surface area contributed by atoms with Gasteiger partial charge in [-0.15, -0.1) is 0 Å². The number of carbonyl (C=O) groups is 1. The van der Waals surface area contributed by atoms with Crippen LogP contribution in [0.1, 0.15) is 46.6 Å². The first-order chi connectivity index (χ1) is 13.0. The maximum absolute atomic E-state index is 12.8. The molecule has 1 aromatic heterocycles. The summed E-state index contributed by atoms with van der Waals surface area (Å²) in [6, 6.07) is 10.5. The van der Waals surface area contributed by atoms with Gasteiger partial charge in [0.25, 0.3) is 5.56 Å². The van der Waals surface area contributed by atoms with E-state index in [2.05, 4.69) is 4.98 Å². The molecule has 0 aliphatic carbocycles. The molecule has 0 atom stereocenters. The molecule has 0 N–H and O–H groups in total. The summed E-state index contributed by atoms with van der Waals surface area (Å²) in [4.78, 5) is 30.0. The fourth-order valence-electron chi connectivity index (χ4n) is 3.49. The quantitative estimate of drug-likeness (QED) is 0.511. The fourth-order valence-corrected chi connectivity index (χ4v) is 3.49. The number of nitrogens with zero attached hydrogens (tertiary/aromatic N) is 2. The molecular weight excluding hydrogens is 340 g/mol. The molecule has 0 unspecified atom stereocenters. The first-order valence-corrected chi connectivity index (χ1v) is 9.36. The number of esters is 1. The zero-order chi connectivity index (χ0) is 19.0. The van der Waals surface area contributed by atoms with Gasteiger partial charge in [-0.2, -0.15) is 0 Å². The van der Waals surface area contributed by atoms with Crippen LogP contribution in [0.4, 0.5) is 0 Å². The van der Waals surface area contributed by atoms with Gasteiger partial charge in [-0.1, -0.05) is 12.5 Å². The summed E-state index contributed by atoms with van der Waals surface area (Å²) in [6.07, 6.45) is 3.93. The maximum Gasteiger partial charge on any atom is 0.343 e. The van der Waals surface area contributed by atoms with Gasteiger partial charge in [0.15, 0.2) is 0 Å². The molecule has 27 heavy (non-hydrogen) atoms. The van der Waals surface area contributed by atoms with Gasteiger partial charge in [-0.3, -0.25) is 9.36 Å². The minimum Gasteiger partial charge on any atom is -0.423 e. The summed E-state index contributed by atoms with van der Waals surface area (Å²) in [7, 11) is 0. The van der Waals surface area contributed by atoms with Crippen LogP contribution in [0.25, 0.3) is 10.9 Å². The molecule has 0 saturated carbocycles. The molecule has 1 aliphatic rings. The number of benzene rings is 2. The van der Waals surface area contributed by atoms with Crippen LogP contribution in [0.5, 0.6) is 5.75 Å². The van der Waals surface area contributed by atoms with E-state index in [0.717, 1.165) is 42.6 Å². The van der Waals surface area contributed by atoms with Crippen molar-refractivity contribution in [2.75, 3.05) is 0 Å². The largest absolute Gasteiger partial charge is 0.423 e. The summed E-state index contributed by atoms with van der Waals surface area (Å²) in [5.74, 6) is 0.875. The standard InChI is InChI=1S/C22H22N2O3/c1-14-7-9-17(12-15(14)2)27-22(26)16-8-10-18-19(13-16)23-20-6-4-3-5-11-24(20)21(18)25/h7-10,12-13H,3-6,11H2,1-2H3. The van der Waals surface area contributed by atoms with Crippen LogP contribution < -0.4 is 10.3 Å². The smallest absolute Gasteiger partial charge is 0.343 e. The zero-order valence-electron chi connectivity index (χ0n) is 15.6. The van der Waals surface area contributed by atoms with Gasteiger partial charge in [0.1, 0.15) is 11.6 Å². The van der Waals surface area contributed by atoms with E-state index < -0.39 is 5.97 Å². The second-order valence-corrected chi connectivity index (χ2v) is 7.16. The Bertz CT molecular complexity index is 1100. The Hall–Kier alpha value is -2.95. The fraction of sp³-hybridized carbons (Fsp3) is 0.318. The lowest BCUT2D eigenvalue weighted by molar-refractivity contribution is 0.0735. The number of rotatable bonds is 2. The molecule has 5 nitrogen and oxygen atoms in total. The molecule has 0 spiro atoms. The van der Waals surface area contributed by atoms with Crippen LogP contribution in [-0.2, 0) is 13.0 Å². The third-order valence-corrected chi connectivity index (χ3v) is 5.24. The normalized spacial score (nSPS) is 13.9. The Morgan fingerprint density at radius 2 is 1.89 bits per heavy atom. The highest BCUT2D eigenvalue weighted by Gasteiger charge is 2.16. The zero-order valence-corrected chi connectivity index (χ0v) is 15.6. The van der Waals surface area contributed by atoms with E-state index in [1.165, 1.54) is 0 Å². The summed E-state index contributed by atoms with van der Waals surface area (Å²) >= 11 is 0. The predicted molar refractivity (Wildman–Crippen MR) is 104 cm³/mol. The molecule has 1 aliphatic heterocycles. The van der Waals surface area contributed by atoms with E-state index in [-0.39, 0.29) is 5.56 Å². The number of hydrogen-bond acceptors (Lipinski definition) is 4. The number of aromatic nitrogens is 2. The molecule has 2 heterocycles. The molecule has 5 heteroatoms. The molecule has 0 saturated heterocycles. The third kappa shape index (κ3) is 3.37. The Morgan fingerprint density at radius 1 is 1.04 bits per heavy atom. The lowest BCUT2D eigenvalue weighted by Crippen LogP contribution is -2.24. The monoisotopic (exact) mass is 362 g/mol. The second kappa shape index (κ2) is 6.99. The van der Waals surface area contributed by atoms with E-state index in [0.29, 0.717) is 28.8 Å². The van der Waals surface area contributed by atoms with Crippen molar-refractivity contribution in [3.63, 3.8) is 0 Å². The van der Waals surface area contributed by atoms with Gasteiger partial charge >= 0.3 is 5.97 Å². The van der Waals surface area contributed by atoms with Crippen molar-refractivity contribution in [1.82, 2.24) is 9.55 Å². The van der Waals surface area contributed by atoms with Crippen molar-refractivity contribution in [2.24, 2.45) is 0 Å². The number of carbonyl (C=O) groups excluding carboxylic acids is 1. The Kier molecular flexibility index (Phi) is 4.52. The van der Waals surface area contributed by atoms with E-state index in [4.69, 9.17) is 4.74 Å². The summed E-state index contributed by atoms with van der Waals surface area (Å²) in [6.45, 7) is 4.71. The Morgan fingerprint density at radius 3 is 2.70 bits per heavy atom. The number of hydrogen-bond donors (Lipinski definition) is 0. The molecule has 0 radical (unpaired) electrons. The van der Waals surface area contributed by atoms with E-state index in [1.54, 1.807) is 28.8 Å². The number of fused-ring (bicyclic) bond motifs is 2. The summed E-state index contributed by atoms with van der Waals surface area (Å²) in [5, 5.41) is 0.545. The van der Waals surface area contributed by atoms with E-state index in [1.807, 2.05) is 26.0 Å². The van der Waals surface area contributed by atoms with Crippen molar-refractivity contribution < 1.29 is 9.53 Å². The lowest BCUT2D eigenvalue weighted by Gasteiger charge is -2.11. The van der Waals surface area contributed by atoms with Crippen molar-refractivity contribution in [3.8, 4) is 5.75 Å². The first-order valence-electron chi connectivity index (χ1n) is 9.36. The maximum atomic E-state index is 12.8. The molecule has 3 aromatic rings. The number of ether oxygens (including phenoxy) is 1. The van der Waals surface area contributed by atoms with Gasteiger partial charge in [0, 0.05) is 13.0 Å². The topological polar surface area (TPSA) is 61.2 Å². The minimum absolute atomic E-state index is 0.0222. The third-order valence-electron chi connectivity index (χ3n) is 5.24. The van der Waals surface area contributed by atoms with Crippen LogP contribution in [0, 0.1) is 13.8 Å². The summed E-state index contributed by atoms with van der Waals surface area (Å²) in [5.41, 5.74) is 3.14. The van der Waals surface area contributed by atoms with Gasteiger partial charge < -0.3 is 4.74 Å². The van der Waals surface area contributed by atoms with E-state index in [9.17, 15) is 9.59 Å². The van der Waals surface area contributed by atoms with E-state index >= 15 is 0 Å². The molecule has 138 valence electrons. The van der Waals surface area contributed by atoms with Gasteiger partial charge in [-0.25, -0.2) is 9.78 Å². The molecule has 0 fully saturated rings. The highest BCUT2D eigenvalue weighted by Crippen LogP contribution is 2.20. The molecule has 2 aromatic carbocycles. The lowest BCUT2D eigenvalue weighted by atomic mass is 10.1. The van der Waals surface area contributed by atoms with Crippen LogP contribution >= 0.6 is 0 Å². The first kappa shape index (κ1) is 17.5. The second-order valence-electron chi connectivity index (χ2n) is 7.16.